The van der Waals surface area contributed by atoms with Crippen LogP contribution in [0.3, 0.4) is 0 Å². The van der Waals surface area contributed by atoms with Gasteiger partial charge in [-0.3, -0.25) is 0 Å². The second-order valence-electron chi connectivity index (χ2n) is 9.41. The lowest BCUT2D eigenvalue weighted by Crippen LogP contribution is -2.40. The predicted octanol–water partition coefficient (Wildman–Crippen LogP) is 5.20. The van der Waals surface area contributed by atoms with Gasteiger partial charge in [0.25, 0.3) is 0 Å². The number of methoxy groups -OCH3 is 2. The standard InChI is InChI=1S/C29H30BrF3N2O7/c1-15(14-39-4)41-28(38)24-23(18-9-11-20(30)12-10-18)22(27(37)42-17(3)26(36)40-5)16(2)35(25(24)34)21-8-6-7-19(13-21)29(31,32)33/h6-13,15,17,23H,14,34H2,1-5H3/t15?,17-,23?/m0/s1. The summed E-state index contributed by atoms with van der Waals surface area (Å²) in [6.07, 6.45) is -6.76. The average Bonchev–Trinajstić information content (AvgIpc) is 2.92. The lowest BCUT2D eigenvalue weighted by molar-refractivity contribution is -0.162. The first-order chi connectivity index (χ1) is 19.7. The largest absolute Gasteiger partial charge is 0.466 e. The number of benzene rings is 2. The Bertz CT molecular complexity index is 1410. The number of esters is 3. The van der Waals surface area contributed by atoms with Crippen LogP contribution < -0.4 is 10.6 Å². The molecule has 9 nitrogen and oxygen atoms in total. The third kappa shape index (κ3) is 7.13. The number of carbonyl (C=O) groups excluding carboxylic acids is 3. The minimum atomic E-state index is -4.68. The van der Waals surface area contributed by atoms with Gasteiger partial charge in [-0.1, -0.05) is 34.1 Å². The Hall–Kier alpha value is -3.84. The second kappa shape index (κ2) is 13.4. The van der Waals surface area contributed by atoms with Crippen LogP contribution in [0.2, 0.25) is 0 Å². The van der Waals surface area contributed by atoms with Crippen LogP contribution in [0.4, 0.5) is 18.9 Å². The summed E-state index contributed by atoms with van der Waals surface area (Å²) in [5.74, 6) is -4.22. The number of hydrogen-bond acceptors (Lipinski definition) is 9. The van der Waals surface area contributed by atoms with Crippen molar-refractivity contribution in [1.82, 2.24) is 0 Å². The predicted molar refractivity (Wildman–Crippen MR) is 150 cm³/mol. The van der Waals surface area contributed by atoms with Gasteiger partial charge in [0, 0.05) is 23.0 Å². The first-order valence-electron chi connectivity index (χ1n) is 12.6. The molecule has 42 heavy (non-hydrogen) atoms. The molecule has 3 rings (SSSR count). The van der Waals surface area contributed by atoms with Crippen LogP contribution in [0.5, 0.6) is 0 Å². The number of alkyl halides is 3. The molecule has 0 aliphatic carbocycles. The van der Waals surface area contributed by atoms with E-state index in [0.717, 1.165) is 24.1 Å². The van der Waals surface area contributed by atoms with E-state index in [0.29, 0.717) is 10.0 Å². The highest BCUT2D eigenvalue weighted by Crippen LogP contribution is 2.44. The lowest BCUT2D eigenvalue weighted by Gasteiger charge is -2.37. The van der Waals surface area contributed by atoms with E-state index in [2.05, 4.69) is 20.7 Å². The molecule has 1 aliphatic rings. The Morgan fingerprint density at radius 3 is 2.19 bits per heavy atom. The molecule has 0 fully saturated rings. The summed E-state index contributed by atoms with van der Waals surface area (Å²) in [4.78, 5) is 40.7. The van der Waals surface area contributed by atoms with Gasteiger partial charge in [-0.15, -0.1) is 0 Å². The SMILES string of the molecule is COCC(C)OC(=O)C1=C(N)N(c2cccc(C(F)(F)F)c2)C(C)=C(C(=O)O[C@@H](C)C(=O)OC)C1c1ccc(Br)cc1. The van der Waals surface area contributed by atoms with E-state index in [4.69, 9.17) is 19.9 Å². The van der Waals surface area contributed by atoms with Gasteiger partial charge >= 0.3 is 24.1 Å². The van der Waals surface area contributed by atoms with E-state index < -0.39 is 47.8 Å². The molecular weight excluding hydrogens is 625 g/mol. The van der Waals surface area contributed by atoms with Crippen LogP contribution in [0.25, 0.3) is 0 Å². The zero-order valence-corrected chi connectivity index (χ0v) is 25.0. The van der Waals surface area contributed by atoms with Crippen LogP contribution in [0, 0.1) is 0 Å². The smallest absolute Gasteiger partial charge is 0.416 e. The van der Waals surface area contributed by atoms with Crippen LogP contribution in [0.15, 0.2) is 75.7 Å². The molecule has 226 valence electrons. The second-order valence-corrected chi connectivity index (χ2v) is 10.3. The summed E-state index contributed by atoms with van der Waals surface area (Å²) in [5.41, 5.74) is 5.65. The van der Waals surface area contributed by atoms with Crippen molar-refractivity contribution in [3.63, 3.8) is 0 Å². The van der Waals surface area contributed by atoms with Gasteiger partial charge in [0.1, 0.15) is 11.9 Å². The number of ether oxygens (including phenoxy) is 4. The number of carbonyl (C=O) groups is 3. The van der Waals surface area contributed by atoms with E-state index >= 15 is 0 Å². The monoisotopic (exact) mass is 654 g/mol. The van der Waals surface area contributed by atoms with Crippen LogP contribution in [0.1, 0.15) is 37.8 Å². The van der Waals surface area contributed by atoms with Crippen molar-refractivity contribution in [2.24, 2.45) is 5.73 Å². The summed E-state index contributed by atoms with van der Waals surface area (Å²) >= 11 is 3.35. The maximum Gasteiger partial charge on any atom is 0.416 e. The number of hydrogen-bond donors (Lipinski definition) is 1. The van der Waals surface area contributed by atoms with Gasteiger partial charge in [-0.05, 0) is 56.7 Å². The number of anilines is 1. The van der Waals surface area contributed by atoms with Gasteiger partial charge in [-0.2, -0.15) is 13.2 Å². The Balaban J connectivity index is 2.33. The molecule has 3 atom stereocenters. The summed E-state index contributed by atoms with van der Waals surface area (Å²) in [6, 6.07) is 10.9. The van der Waals surface area contributed by atoms with Crippen molar-refractivity contribution in [3.8, 4) is 0 Å². The molecule has 0 saturated carbocycles. The highest BCUT2D eigenvalue weighted by Gasteiger charge is 2.43. The van der Waals surface area contributed by atoms with E-state index in [9.17, 15) is 27.6 Å². The van der Waals surface area contributed by atoms with Gasteiger partial charge in [0.05, 0.1) is 36.3 Å². The number of nitrogens with two attached hydrogens (primary N) is 1. The third-order valence-corrected chi connectivity index (χ3v) is 6.95. The molecule has 2 N–H and O–H groups in total. The molecule has 1 heterocycles. The van der Waals surface area contributed by atoms with E-state index in [1.54, 1.807) is 31.2 Å². The van der Waals surface area contributed by atoms with Gasteiger partial charge < -0.3 is 29.6 Å². The van der Waals surface area contributed by atoms with Crippen molar-refractivity contribution in [2.75, 3.05) is 25.7 Å². The Morgan fingerprint density at radius 2 is 1.62 bits per heavy atom. The summed E-state index contributed by atoms with van der Waals surface area (Å²) in [6.45, 7) is 4.37. The Kier molecular flexibility index (Phi) is 10.4. The van der Waals surface area contributed by atoms with Crippen molar-refractivity contribution in [1.29, 1.82) is 0 Å². The fourth-order valence-corrected chi connectivity index (χ4v) is 4.77. The fraction of sp³-hybridized carbons (Fsp3) is 0.345. The van der Waals surface area contributed by atoms with Crippen LogP contribution >= 0.6 is 15.9 Å². The third-order valence-electron chi connectivity index (χ3n) is 6.42. The number of halogens is 4. The molecule has 0 saturated heterocycles. The van der Waals surface area contributed by atoms with Crippen molar-refractivity contribution < 1.29 is 46.5 Å². The molecule has 2 unspecified atom stereocenters. The maximum absolute atomic E-state index is 13.8. The highest BCUT2D eigenvalue weighted by molar-refractivity contribution is 9.10. The molecule has 1 aliphatic heterocycles. The fourth-order valence-electron chi connectivity index (χ4n) is 4.51. The Labute approximate surface area is 249 Å². The number of rotatable bonds is 9. The molecule has 0 spiro atoms. The molecule has 0 radical (unpaired) electrons. The molecule has 0 amide bonds. The van der Waals surface area contributed by atoms with Crippen molar-refractivity contribution in [3.05, 3.63) is 86.8 Å². The highest BCUT2D eigenvalue weighted by atomic mass is 79.9. The van der Waals surface area contributed by atoms with E-state index in [1.165, 1.54) is 33.1 Å². The molecule has 0 bridgehead atoms. The Morgan fingerprint density at radius 1 is 1.00 bits per heavy atom. The molecule has 2 aromatic rings. The number of allylic oxidation sites excluding steroid dienone is 1. The zero-order valence-electron chi connectivity index (χ0n) is 23.5. The van der Waals surface area contributed by atoms with Crippen molar-refractivity contribution in [2.45, 2.75) is 45.1 Å². The molecular formula is C29H30BrF3N2O7. The molecule has 0 aromatic heterocycles. The van der Waals surface area contributed by atoms with Crippen LogP contribution in [-0.2, 0) is 39.5 Å². The lowest BCUT2D eigenvalue weighted by atomic mass is 9.80. The number of nitrogens with zero attached hydrogens (tertiary/aromatic N) is 1. The van der Waals surface area contributed by atoms with Crippen molar-refractivity contribution >= 4 is 39.5 Å². The topological polar surface area (TPSA) is 117 Å². The van der Waals surface area contributed by atoms with Gasteiger partial charge in [-0.25, -0.2) is 14.4 Å². The quantitative estimate of drug-likeness (QED) is 0.288. The van der Waals surface area contributed by atoms with Gasteiger partial charge in [0.2, 0.25) is 0 Å². The summed E-state index contributed by atoms with van der Waals surface area (Å²) in [7, 11) is 2.54. The average molecular weight is 655 g/mol. The van der Waals surface area contributed by atoms with E-state index in [-0.39, 0.29) is 35.0 Å². The van der Waals surface area contributed by atoms with E-state index in [1.807, 2.05) is 0 Å². The molecule has 2 aromatic carbocycles. The minimum Gasteiger partial charge on any atom is -0.466 e. The summed E-state index contributed by atoms with van der Waals surface area (Å²) in [5, 5.41) is 0. The van der Waals surface area contributed by atoms with Gasteiger partial charge in [0.15, 0.2) is 6.10 Å². The maximum atomic E-state index is 13.8. The summed E-state index contributed by atoms with van der Waals surface area (Å²) < 4.78 is 62.3. The van der Waals surface area contributed by atoms with Crippen LogP contribution in [-0.4, -0.2) is 50.9 Å². The zero-order chi connectivity index (χ0) is 31.4. The first kappa shape index (κ1) is 32.7. The first-order valence-corrected chi connectivity index (χ1v) is 13.4. The normalized spacial score (nSPS) is 17.1. The molecule has 13 heteroatoms. The minimum absolute atomic E-state index is 0.0413.